The van der Waals surface area contributed by atoms with Crippen molar-refractivity contribution in [1.82, 2.24) is 4.90 Å². The predicted octanol–water partition coefficient (Wildman–Crippen LogP) is 3.68. The van der Waals surface area contributed by atoms with Crippen molar-refractivity contribution in [3.05, 3.63) is 35.4 Å². The van der Waals surface area contributed by atoms with Gasteiger partial charge in [-0.05, 0) is 38.3 Å². The lowest BCUT2D eigenvalue weighted by atomic mass is 10.0. The highest BCUT2D eigenvalue weighted by Crippen LogP contribution is 2.23. The number of hydrogen-bond donors (Lipinski definition) is 1. The molecule has 0 aliphatic carbocycles. The van der Waals surface area contributed by atoms with Crippen LogP contribution < -0.4 is 0 Å². The second-order valence-electron chi connectivity index (χ2n) is 5.84. The Hall–Kier alpha value is -0.860. The Balaban J connectivity index is 2.01. The van der Waals surface area contributed by atoms with Gasteiger partial charge in [-0.15, -0.1) is 0 Å². The first-order valence-corrected chi connectivity index (χ1v) is 7.69. The number of likely N-dealkylation sites (tertiary alicyclic amines) is 1. The molecule has 1 fully saturated rings. The highest BCUT2D eigenvalue weighted by molar-refractivity contribution is 5.24. The first-order chi connectivity index (χ1) is 9.20. The summed E-state index contributed by atoms with van der Waals surface area (Å²) in [5.74, 6) is 0. The van der Waals surface area contributed by atoms with E-state index in [1.165, 1.54) is 37.7 Å². The number of hydrogen-bond acceptors (Lipinski definition) is 2. The lowest BCUT2D eigenvalue weighted by Crippen LogP contribution is -2.37. The highest BCUT2D eigenvalue weighted by Gasteiger charge is 2.22. The third-order valence-corrected chi connectivity index (χ3v) is 4.30. The fraction of sp³-hybridized carbons (Fsp3) is 0.647. The first kappa shape index (κ1) is 14.5. The van der Waals surface area contributed by atoms with Gasteiger partial charge in [0.15, 0.2) is 0 Å². The van der Waals surface area contributed by atoms with Crippen molar-refractivity contribution in [3.63, 3.8) is 0 Å². The average Bonchev–Trinajstić information content (AvgIpc) is 2.63. The van der Waals surface area contributed by atoms with Gasteiger partial charge in [-0.25, -0.2) is 0 Å². The SMILES string of the molecule is CCC1CCCCCN1CC(O)c1cccc(C)c1. The minimum Gasteiger partial charge on any atom is -0.387 e. The van der Waals surface area contributed by atoms with Crippen LogP contribution in [0, 0.1) is 6.92 Å². The van der Waals surface area contributed by atoms with Crippen LogP contribution in [0.3, 0.4) is 0 Å². The molecular weight excluding hydrogens is 234 g/mol. The van der Waals surface area contributed by atoms with Crippen LogP contribution in [0.5, 0.6) is 0 Å². The minimum absolute atomic E-state index is 0.355. The van der Waals surface area contributed by atoms with Gasteiger partial charge in [0, 0.05) is 12.6 Å². The van der Waals surface area contributed by atoms with E-state index in [1.54, 1.807) is 0 Å². The lowest BCUT2D eigenvalue weighted by Gasteiger charge is -2.31. The molecule has 1 aromatic carbocycles. The smallest absolute Gasteiger partial charge is 0.0917 e. The van der Waals surface area contributed by atoms with E-state index in [9.17, 15) is 5.11 Å². The number of benzene rings is 1. The number of β-amino-alcohol motifs (C(OH)–C–C–N with tert-alkyl or cyclic N) is 1. The van der Waals surface area contributed by atoms with Gasteiger partial charge in [0.25, 0.3) is 0 Å². The summed E-state index contributed by atoms with van der Waals surface area (Å²) in [6.45, 7) is 6.27. The summed E-state index contributed by atoms with van der Waals surface area (Å²) < 4.78 is 0. The van der Waals surface area contributed by atoms with Crippen LogP contribution in [0.15, 0.2) is 24.3 Å². The largest absolute Gasteiger partial charge is 0.387 e. The van der Waals surface area contributed by atoms with Crippen molar-refractivity contribution in [2.75, 3.05) is 13.1 Å². The van der Waals surface area contributed by atoms with Gasteiger partial charge in [0.05, 0.1) is 6.10 Å². The van der Waals surface area contributed by atoms with E-state index in [0.29, 0.717) is 6.04 Å². The molecule has 2 heteroatoms. The summed E-state index contributed by atoms with van der Waals surface area (Å²) in [5, 5.41) is 10.5. The van der Waals surface area contributed by atoms with E-state index in [2.05, 4.69) is 30.9 Å². The summed E-state index contributed by atoms with van der Waals surface area (Å²) >= 11 is 0. The maximum atomic E-state index is 10.5. The van der Waals surface area contributed by atoms with Crippen LogP contribution in [-0.4, -0.2) is 29.1 Å². The fourth-order valence-electron chi connectivity index (χ4n) is 3.14. The highest BCUT2D eigenvalue weighted by atomic mass is 16.3. The molecule has 0 aromatic heterocycles. The standard InChI is InChI=1S/C17H27NO/c1-3-16-10-5-4-6-11-18(16)13-17(19)15-9-7-8-14(2)12-15/h7-9,12,16-17,19H,3-6,10-11,13H2,1-2H3. The third kappa shape index (κ3) is 4.05. The Morgan fingerprint density at radius 2 is 2.16 bits per heavy atom. The maximum absolute atomic E-state index is 10.5. The Morgan fingerprint density at radius 3 is 2.89 bits per heavy atom. The van der Waals surface area contributed by atoms with E-state index in [1.807, 2.05) is 12.1 Å². The molecule has 106 valence electrons. The van der Waals surface area contributed by atoms with Gasteiger partial charge in [-0.3, -0.25) is 4.90 Å². The average molecular weight is 261 g/mol. The quantitative estimate of drug-likeness (QED) is 0.893. The minimum atomic E-state index is -0.355. The van der Waals surface area contributed by atoms with E-state index in [-0.39, 0.29) is 6.10 Å². The van der Waals surface area contributed by atoms with Crippen LogP contribution in [0.25, 0.3) is 0 Å². The summed E-state index contributed by atoms with van der Waals surface area (Å²) in [5.41, 5.74) is 2.28. The van der Waals surface area contributed by atoms with Crippen molar-refractivity contribution >= 4 is 0 Å². The van der Waals surface area contributed by atoms with E-state index >= 15 is 0 Å². The molecule has 2 unspecified atom stereocenters. The van der Waals surface area contributed by atoms with Gasteiger partial charge in [-0.1, -0.05) is 49.6 Å². The molecule has 0 amide bonds. The summed E-state index contributed by atoms with van der Waals surface area (Å²) in [6.07, 6.45) is 6.09. The molecule has 0 bridgehead atoms. The molecule has 2 nitrogen and oxygen atoms in total. The molecule has 0 saturated carbocycles. The molecule has 0 radical (unpaired) electrons. The zero-order valence-corrected chi connectivity index (χ0v) is 12.3. The van der Waals surface area contributed by atoms with Crippen LogP contribution in [0.4, 0.5) is 0 Å². The van der Waals surface area contributed by atoms with Crippen molar-refractivity contribution in [2.24, 2.45) is 0 Å². The molecule has 1 aromatic rings. The molecule has 1 N–H and O–H groups in total. The Bertz CT molecular complexity index is 391. The van der Waals surface area contributed by atoms with E-state index in [4.69, 9.17) is 0 Å². The fourth-order valence-corrected chi connectivity index (χ4v) is 3.14. The summed E-state index contributed by atoms with van der Waals surface area (Å²) in [6, 6.07) is 8.91. The zero-order chi connectivity index (χ0) is 13.7. The van der Waals surface area contributed by atoms with Crippen LogP contribution in [-0.2, 0) is 0 Å². The zero-order valence-electron chi connectivity index (χ0n) is 12.3. The van der Waals surface area contributed by atoms with E-state index < -0.39 is 0 Å². The van der Waals surface area contributed by atoms with Gasteiger partial charge < -0.3 is 5.11 Å². The number of aliphatic hydroxyl groups excluding tert-OH is 1. The molecule has 0 spiro atoms. The van der Waals surface area contributed by atoms with Crippen molar-refractivity contribution in [2.45, 2.75) is 58.1 Å². The first-order valence-electron chi connectivity index (χ1n) is 7.69. The molecule has 19 heavy (non-hydrogen) atoms. The van der Waals surface area contributed by atoms with Gasteiger partial charge in [-0.2, -0.15) is 0 Å². The summed E-state index contributed by atoms with van der Waals surface area (Å²) in [4.78, 5) is 2.50. The van der Waals surface area contributed by atoms with Gasteiger partial charge >= 0.3 is 0 Å². The van der Waals surface area contributed by atoms with Crippen LogP contribution >= 0.6 is 0 Å². The van der Waals surface area contributed by atoms with E-state index in [0.717, 1.165) is 18.7 Å². The number of rotatable bonds is 4. The van der Waals surface area contributed by atoms with Crippen molar-refractivity contribution < 1.29 is 5.11 Å². The number of aryl methyl sites for hydroxylation is 1. The Kier molecular flexibility index (Phi) is 5.41. The lowest BCUT2D eigenvalue weighted by molar-refractivity contribution is 0.0865. The normalized spacial score (nSPS) is 23.0. The molecular formula is C17H27NO. The second-order valence-corrected chi connectivity index (χ2v) is 5.84. The molecule has 1 aliphatic heterocycles. The summed E-state index contributed by atoms with van der Waals surface area (Å²) in [7, 11) is 0. The topological polar surface area (TPSA) is 23.5 Å². The van der Waals surface area contributed by atoms with Crippen molar-refractivity contribution in [3.8, 4) is 0 Å². The monoisotopic (exact) mass is 261 g/mol. The van der Waals surface area contributed by atoms with Gasteiger partial charge in [0.1, 0.15) is 0 Å². The number of aliphatic hydroxyl groups is 1. The molecule has 1 aliphatic rings. The molecule has 2 atom stereocenters. The van der Waals surface area contributed by atoms with Gasteiger partial charge in [0.2, 0.25) is 0 Å². The molecule has 1 saturated heterocycles. The predicted molar refractivity (Wildman–Crippen MR) is 80.3 cm³/mol. The molecule has 2 rings (SSSR count). The Morgan fingerprint density at radius 1 is 1.32 bits per heavy atom. The molecule has 1 heterocycles. The van der Waals surface area contributed by atoms with Crippen molar-refractivity contribution in [1.29, 1.82) is 0 Å². The van der Waals surface area contributed by atoms with Crippen LogP contribution in [0.1, 0.15) is 56.3 Å². The van der Waals surface area contributed by atoms with Crippen LogP contribution in [0.2, 0.25) is 0 Å². The third-order valence-electron chi connectivity index (χ3n) is 4.30. The number of nitrogens with zero attached hydrogens (tertiary/aromatic N) is 1. The maximum Gasteiger partial charge on any atom is 0.0917 e. The Labute approximate surface area is 117 Å². The second kappa shape index (κ2) is 7.06.